The lowest BCUT2D eigenvalue weighted by Crippen LogP contribution is -2.32. The van der Waals surface area contributed by atoms with Gasteiger partial charge in [-0.15, -0.1) is 11.3 Å². The minimum atomic E-state index is -0.589. The second-order valence-corrected chi connectivity index (χ2v) is 8.42. The number of para-hydroxylation sites is 1. The van der Waals surface area contributed by atoms with E-state index in [2.05, 4.69) is 10.3 Å². The normalized spacial score (nSPS) is 11.8. The first-order valence-corrected chi connectivity index (χ1v) is 11.1. The first-order chi connectivity index (χ1) is 15.5. The Morgan fingerprint density at radius 1 is 1.12 bits per heavy atom. The van der Waals surface area contributed by atoms with Crippen LogP contribution in [-0.2, 0) is 11.4 Å². The molecule has 0 saturated heterocycles. The number of carbonyl (C=O) groups excluding carboxylic acids is 1. The molecule has 1 N–H and O–H groups in total. The van der Waals surface area contributed by atoms with E-state index in [1.54, 1.807) is 30.5 Å². The number of rotatable bonds is 8. The number of thiazole rings is 1. The predicted molar refractivity (Wildman–Crippen MR) is 125 cm³/mol. The minimum Gasteiger partial charge on any atom is -0.487 e. The van der Waals surface area contributed by atoms with Crippen LogP contribution in [0.25, 0.3) is 4.96 Å². The van der Waals surface area contributed by atoms with Gasteiger partial charge in [0.05, 0.1) is 5.69 Å². The van der Waals surface area contributed by atoms with E-state index in [0.717, 1.165) is 4.88 Å². The van der Waals surface area contributed by atoms with Crippen molar-refractivity contribution < 1.29 is 14.3 Å². The van der Waals surface area contributed by atoms with Crippen LogP contribution >= 0.6 is 11.3 Å². The minimum absolute atomic E-state index is 0.126. The summed E-state index contributed by atoms with van der Waals surface area (Å²) in [5.74, 6) is 1.05. The summed E-state index contributed by atoms with van der Waals surface area (Å²) in [7, 11) is 0. The fraction of sp³-hybridized carbons (Fsp3) is 0.208. The molecule has 1 unspecified atom stereocenters. The zero-order chi connectivity index (χ0) is 22.5. The Morgan fingerprint density at radius 3 is 2.59 bits per heavy atom. The van der Waals surface area contributed by atoms with Crippen LogP contribution in [0, 0.1) is 6.92 Å². The van der Waals surface area contributed by atoms with E-state index in [-0.39, 0.29) is 18.1 Å². The molecule has 0 aliphatic heterocycles. The van der Waals surface area contributed by atoms with Crippen LogP contribution in [0.15, 0.2) is 71.7 Å². The van der Waals surface area contributed by atoms with Gasteiger partial charge in [-0.05, 0) is 49.7 Å². The summed E-state index contributed by atoms with van der Waals surface area (Å²) in [5, 5.41) is 2.87. The summed E-state index contributed by atoms with van der Waals surface area (Å²) in [6.07, 6.45) is 1.73. The molecular formula is C24H23N3O4S. The van der Waals surface area contributed by atoms with Gasteiger partial charge in [0, 0.05) is 22.8 Å². The molecule has 1 atom stereocenters. The molecular weight excluding hydrogens is 426 g/mol. The second-order valence-electron chi connectivity index (χ2n) is 7.21. The Hall–Kier alpha value is -3.65. The highest BCUT2D eigenvalue weighted by molar-refractivity contribution is 7.16. The van der Waals surface area contributed by atoms with Crippen molar-refractivity contribution in [2.45, 2.75) is 33.0 Å². The number of nitrogens with one attached hydrogen (secondary N) is 1. The molecule has 7 nitrogen and oxygen atoms in total. The topological polar surface area (TPSA) is 81.9 Å². The number of hydrogen-bond acceptors (Lipinski definition) is 6. The van der Waals surface area contributed by atoms with Gasteiger partial charge in [0.2, 0.25) is 0 Å². The highest BCUT2D eigenvalue weighted by Gasteiger charge is 2.18. The van der Waals surface area contributed by atoms with E-state index < -0.39 is 6.10 Å². The molecule has 2 aromatic heterocycles. The van der Waals surface area contributed by atoms with Crippen molar-refractivity contribution in [3.63, 3.8) is 0 Å². The highest BCUT2D eigenvalue weighted by atomic mass is 32.1. The zero-order valence-corrected chi connectivity index (χ0v) is 18.6. The van der Waals surface area contributed by atoms with Gasteiger partial charge < -0.3 is 14.8 Å². The van der Waals surface area contributed by atoms with Crippen molar-refractivity contribution in [3.05, 3.63) is 87.8 Å². The largest absolute Gasteiger partial charge is 0.487 e. The number of aryl methyl sites for hydroxylation is 1. The standard InChI is InChI=1S/C24H23N3O4S/c1-3-21(31-20-7-5-4-6-8-20)23(29)25-17-9-11-19(12-10-17)30-15-18-13-22(28)27-14-16(2)32-24(27)26-18/h4-14,21H,3,15H2,1-2H3,(H,25,29). The van der Waals surface area contributed by atoms with Crippen molar-refractivity contribution in [2.24, 2.45) is 0 Å². The van der Waals surface area contributed by atoms with Gasteiger partial charge in [-0.2, -0.15) is 0 Å². The van der Waals surface area contributed by atoms with Crippen molar-refractivity contribution in [3.8, 4) is 11.5 Å². The Bertz CT molecular complexity index is 1270. The monoisotopic (exact) mass is 449 g/mol. The SMILES string of the molecule is CCC(Oc1ccccc1)C(=O)Nc1ccc(OCc2cc(=O)n3cc(C)sc3n2)cc1. The molecule has 4 rings (SSSR count). The van der Waals surface area contributed by atoms with Gasteiger partial charge >= 0.3 is 0 Å². The third-order valence-corrected chi connectivity index (χ3v) is 5.63. The van der Waals surface area contributed by atoms with E-state index in [9.17, 15) is 9.59 Å². The average molecular weight is 450 g/mol. The molecule has 0 aliphatic carbocycles. The molecule has 1 amide bonds. The lowest BCUT2D eigenvalue weighted by molar-refractivity contribution is -0.122. The molecule has 2 aromatic carbocycles. The Morgan fingerprint density at radius 2 is 1.88 bits per heavy atom. The molecule has 0 fully saturated rings. The Kier molecular flexibility index (Phi) is 6.51. The molecule has 2 heterocycles. The molecule has 0 spiro atoms. The van der Waals surface area contributed by atoms with Crippen LogP contribution in [0.2, 0.25) is 0 Å². The van der Waals surface area contributed by atoms with Gasteiger partial charge in [0.25, 0.3) is 11.5 Å². The second kappa shape index (κ2) is 9.65. The van der Waals surface area contributed by atoms with E-state index in [0.29, 0.717) is 34.3 Å². The summed E-state index contributed by atoms with van der Waals surface area (Å²) < 4.78 is 13.1. The number of amides is 1. The van der Waals surface area contributed by atoms with Gasteiger partial charge in [-0.3, -0.25) is 14.0 Å². The zero-order valence-electron chi connectivity index (χ0n) is 17.8. The van der Waals surface area contributed by atoms with Crippen LogP contribution in [0.1, 0.15) is 23.9 Å². The summed E-state index contributed by atoms with van der Waals surface area (Å²) in [6.45, 7) is 4.02. The maximum absolute atomic E-state index is 12.6. The van der Waals surface area contributed by atoms with Crippen molar-refractivity contribution in [1.82, 2.24) is 9.38 Å². The molecule has 164 valence electrons. The van der Waals surface area contributed by atoms with E-state index >= 15 is 0 Å². The lowest BCUT2D eigenvalue weighted by atomic mass is 10.2. The molecule has 32 heavy (non-hydrogen) atoms. The quantitative estimate of drug-likeness (QED) is 0.430. The molecule has 0 saturated carbocycles. The van der Waals surface area contributed by atoms with Crippen molar-refractivity contribution in [2.75, 3.05) is 5.32 Å². The fourth-order valence-electron chi connectivity index (χ4n) is 3.13. The molecule has 0 radical (unpaired) electrons. The third kappa shape index (κ3) is 5.15. The summed E-state index contributed by atoms with van der Waals surface area (Å²) in [5.41, 5.74) is 1.08. The van der Waals surface area contributed by atoms with Crippen molar-refractivity contribution >= 4 is 27.9 Å². The van der Waals surface area contributed by atoms with Crippen LogP contribution < -0.4 is 20.3 Å². The number of ether oxygens (including phenoxy) is 2. The fourth-order valence-corrected chi connectivity index (χ4v) is 3.98. The number of anilines is 1. The number of nitrogens with zero attached hydrogens (tertiary/aromatic N) is 2. The van der Waals surface area contributed by atoms with Crippen molar-refractivity contribution in [1.29, 1.82) is 0 Å². The van der Waals surface area contributed by atoms with E-state index in [1.165, 1.54) is 21.8 Å². The average Bonchev–Trinajstić information content (AvgIpc) is 3.18. The van der Waals surface area contributed by atoms with Gasteiger partial charge in [0.15, 0.2) is 11.1 Å². The van der Waals surface area contributed by atoms with Gasteiger partial charge in [-0.25, -0.2) is 4.98 Å². The van der Waals surface area contributed by atoms with Crippen LogP contribution in [0.4, 0.5) is 5.69 Å². The third-order valence-electron chi connectivity index (χ3n) is 4.73. The molecule has 0 bridgehead atoms. The van der Waals surface area contributed by atoms with Crippen LogP contribution in [-0.4, -0.2) is 21.4 Å². The Labute approximate surface area is 189 Å². The van der Waals surface area contributed by atoms with E-state index in [4.69, 9.17) is 9.47 Å². The first kappa shape index (κ1) is 21.6. The summed E-state index contributed by atoms with van der Waals surface area (Å²) >= 11 is 1.46. The van der Waals surface area contributed by atoms with Gasteiger partial charge in [-0.1, -0.05) is 25.1 Å². The number of benzene rings is 2. The molecule has 8 heteroatoms. The van der Waals surface area contributed by atoms with Crippen LogP contribution in [0.5, 0.6) is 11.5 Å². The lowest BCUT2D eigenvalue weighted by Gasteiger charge is -2.17. The smallest absolute Gasteiger partial charge is 0.265 e. The van der Waals surface area contributed by atoms with Crippen LogP contribution in [0.3, 0.4) is 0 Å². The number of fused-ring (bicyclic) bond motifs is 1. The number of carbonyl (C=O) groups is 1. The predicted octanol–water partition coefficient (Wildman–Crippen LogP) is 4.44. The molecule has 0 aliphatic rings. The number of hydrogen-bond donors (Lipinski definition) is 1. The molecule has 4 aromatic rings. The summed E-state index contributed by atoms with van der Waals surface area (Å²) in [4.78, 5) is 30.9. The van der Waals surface area contributed by atoms with E-state index in [1.807, 2.05) is 44.2 Å². The summed E-state index contributed by atoms with van der Waals surface area (Å²) in [6, 6.07) is 17.8. The maximum Gasteiger partial charge on any atom is 0.265 e. The maximum atomic E-state index is 12.6. The highest BCUT2D eigenvalue weighted by Crippen LogP contribution is 2.19. The number of aromatic nitrogens is 2. The first-order valence-electron chi connectivity index (χ1n) is 10.3. The van der Waals surface area contributed by atoms with Gasteiger partial charge in [0.1, 0.15) is 18.1 Å². The Balaban J connectivity index is 1.35.